The molecule has 0 radical (unpaired) electrons. The van der Waals surface area contributed by atoms with Crippen LogP contribution in [0.2, 0.25) is 0 Å². The Hall–Kier alpha value is -1.02. The number of sulfonamides is 1. The summed E-state index contributed by atoms with van der Waals surface area (Å²) in [6.45, 7) is 1.90. The molecule has 0 fully saturated rings. The molecule has 0 saturated carbocycles. The van der Waals surface area contributed by atoms with Crippen molar-refractivity contribution < 1.29 is 13.2 Å². The van der Waals surface area contributed by atoms with Crippen molar-refractivity contribution in [3.63, 3.8) is 0 Å². The fraction of sp³-hybridized carbons (Fsp3) is 0.583. The summed E-state index contributed by atoms with van der Waals surface area (Å²) in [7, 11) is -3.22. The van der Waals surface area contributed by atoms with Crippen molar-refractivity contribution in [1.82, 2.24) is 9.71 Å². The Bertz CT molecular complexity index is 437. The minimum Gasteiger partial charge on any atom is -0.380 e. The summed E-state index contributed by atoms with van der Waals surface area (Å²) < 4.78 is 31.1. The zero-order valence-electron chi connectivity index (χ0n) is 10.9. The third-order valence-electron chi connectivity index (χ3n) is 2.46. The molecule has 0 aliphatic rings. The van der Waals surface area contributed by atoms with Crippen molar-refractivity contribution in [1.29, 1.82) is 0 Å². The fourth-order valence-electron chi connectivity index (χ4n) is 1.46. The van der Waals surface area contributed by atoms with Gasteiger partial charge in [0.15, 0.2) is 0 Å². The third-order valence-corrected chi connectivity index (χ3v) is 3.84. The van der Waals surface area contributed by atoms with Gasteiger partial charge in [0.05, 0.1) is 12.4 Å². The quantitative estimate of drug-likeness (QED) is 0.586. The van der Waals surface area contributed by atoms with Crippen molar-refractivity contribution >= 4 is 10.0 Å². The zero-order valence-corrected chi connectivity index (χ0v) is 11.7. The Morgan fingerprint density at radius 3 is 2.68 bits per heavy atom. The van der Waals surface area contributed by atoms with Gasteiger partial charge in [-0.1, -0.05) is 0 Å². The second kappa shape index (κ2) is 8.98. The number of aromatic nitrogens is 1. The molecule has 108 valence electrons. The lowest BCUT2D eigenvalue weighted by molar-refractivity contribution is 0.140. The Labute approximate surface area is 114 Å². The Morgan fingerprint density at radius 1 is 1.26 bits per heavy atom. The van der Waals surface area contributed by atoms with Crippen molar-refractivity contribution in [2.45, 2.75) is 12.8 Å². The largest absolute Gasteiger partial charge is 0.380 e. The van der Waals surface area contributed by atoms with Gasteiger partial charge in [-0.2, -0.15) is 0 Å². The predicted octanol–water partition coefficient (Wildman–Crippen LogP) is -0.0911. The Kier molecular flexibility index (Phi) is 7.57. The molecule has 0 bridgehead atoms. The van der Waals surface area contributed by atoms with E-state index < -0.39 is 10.0 Å². The van der Waals surface area contributed by atoms with E-state index in [9.17, 15) is 8.42 Å². The van der Waals surface area contributed by atoms with E-state index in [-0.39, 0.29) is 5.75 Å². The monoisotopic (exact) mass is 287 g/mol. The molecular formula is C12H21N3O3S. The summed E-state index contributed by atoms with van der Waals surface area (Å²) in [5.74, 6) is 0.0840. The van der Waals surface area contributed by atoms with Crippen molar-refractivity contribution in [3.8, 4) is 0 Å². The van der Waals surface area contributed by atoms with Gasteiger partial charge in [-0.15, -0.1) is 0 Å². The number of nitrogens with two attached hydrogens (primary N) is 1. The van der Waals surface area contributed by atoms with Gasteiger partial charge < -0.3 is 10.5 Å². The average molecular weight is 287 g/mol. The van der Waals surface area contributed by atoms with Gasteiger partial charge in [-0.25, -0.2) is 13.1 Å². The summed E-state index contributed by atoms with van der Waals surface area (Å²) in [6.07, 6.45) is 4.45. The number of ether oxygens (including phenoxy) is 1. The van der Waals surface area contributed by atoms with Gasteiger partial charge in [-0.3, -0.25) is 4.98 Å². The molecule has 0 aliphatic carbocycles. The van der Waals surface area contributed by atoms with Crippen LogP contribution < -0.4 is 10.5 Å². The summed E-state index contributed by atoms with van der Waals surface area (Å²) in [5.41, 5.74) is 6.23. The molecule has 0 amide bonds. The highest BCUT2D eigenvalue weighted by Gasteiger charge is 2.09. The van der Waals surface area contributed by atoms with E-state index in [1.54, 1.807) is 12.4 Å². The third kappa shape index (κ3) is 7.89. The van der Waals surface area contributed by atoms with Crippen LogP contribution in [-0.4, -0.2) is 45.5 Å². The molecule has 7 heteroatoms. The highest BCUT2D eigenvalue weighted by Crippen LogP contribution is 1.99. The lowest BCUT2D eigenvalue weighted by Crippen LogP contribution is -2.29. The molecule has 1 heterocycles. The van der Waals surface area contributed by atoms with Crippen LogP contribution in [0.4, 0.5) is 0 Å². The molecule has 0 saturated heterocycles. The second-order valence-electron chi connectivity index (χ2n) is 4.07. The number of aryl methyl sites for hydroxylation is 1. The SMILES string of the molecule is NCCOCCCNS(=O)(=O)CCc1ccncc1. The van der Waals surface area contributed by atoms with Crippen LogP contribution in [0.3, 0.4) is 0 Å². The number of pyridine rings is 1. The van der Waals surface area contributed by atoms with E-state index in [4.69, 9.17) is 10.5 Å². The van der Waals surface area contributed by atoms with Crippen LogP contribution in [0.1, 0.15) is 12.0 Å². The molecule has 0 unspecified atom stereocenters. The van der Waals surface area contributed by atoms with E-state index in [0.717, 1.165) is 5.56 Å². The van der Waals surface area contributed by atoms with E-state index in [1.165, 1.54) is 0 Å². The first-order valence-electron chi connectivity index (χ1n) is 6.28. The first-order valence-corrected chi connectivity index (χ1v) is 7.93. The van der Waals surface area contributed by atoms with Crippen molar-refractivity contribution in [3.05, 3.63) is 30.1 Å². The normalized spacial score (nSPS) is 11.6. The molecule has 3 N–H and O–H groups in total. The molecule has 19 heavy (non-hydrogen) atoms. The maximum Gasteiger partial charge on any atom is 0.211 e. The lowest BCUT2D eigenvalue weighted by atomic mass is 10.2. The summed E-state index contributed by atoms with van der Waals surface area (Å²) in [4.78, 5) is 3.89. The van der Waals surface area contributed by atoms with Crippen LogP contribution in [0, 0.1) is 0 Å². The molecular weight excluding hydrogens is 266 g/mol. The maximum absolute atomic E-state index is 11.7. The van der Waals surface area contributed by atoms with Gasteiger partial charge in [-0.05, 0) is 30.5 Å². The Morgan fingerprint density at radius 2 is 2.00 bits per heavy atom. The molecule has 0 aliphatic heterocycles. The second-order valence-corrected chi connectivity index (χ2v) is 6.00. The van der Waals surface area contributed by atoms with E-state index >= 15 is 0 Å². The van der Waals surface area contributed by atoms with Gasteiger partial charge in [0.25, 0.3) is 0 Å². The van der Waals surface area contributed by atoms with Crippen LogP contribution in [0.5, 0.6) is 0 Å². The number of nitrogens with one attached hydrogen (secondary N) is 1. The van der Waals surface area contributed by atoms with Crippen LogP contribution >= 0.6 is 0 Å². The average Bonchev–Trinajstić information content (AvgIpc) is 2.42. The molecule has 1 rings (SSSR count). The minimum absolute atomic E-state index is 0.0840. The highest BCUT2D eigenvalue weighted by atomic mass is 32.2. The summed E-state index contributed by atoms with van der Waals surface area (Å²) >= 11 is 0. The van der Waals surface area contributed by atoms with Gasteiger partial charge >= 0.3 is 0 Å². The van der Waals surface area contributed by atoms with E-state index in [0.29, 0.717) is 39.1 Å². The van der Waals surface area contributed by atoms with Gasteiger partial charge in [0.2, 0.25) is 10.0 Å². The first kappa shape index (κ1) is 16.0. The zero-order chi connectivity index (χ0) is 14.0. The number of nitrogens with zero attached hydrogens (tertiary/aromatic N) is 1. The first-order chi connectivity index (χ1) is 9.14. The number of hydrogen-bond acceptors (Lipinski definition) is 5. The summed E-state index contributed by atoms with van der Waals surface area (Å²) in [6, 6.07) is 3.63. The van der Waals surface area contributed by atoms with E-state index in [2.05, 4.69) is 9.71 Å². The summed E-state index contributed by atoms with van der Waals surface area (Å²) in [5, 5.41) is 0. The molecule has 1 aromatic rings. The fourth-order valence-corrected chi connectivity index (χ4v) is 2.57. The topological polar surface area (TPSA) is 94.3 Å². The minimum atomic E-state index is -3.22. The molecule has 0 spiro atoms. The number of hydrogen-bond donors (Lipinski definition) is 2. The standard InChI is InChI=1S/C12H21N3O3S/c13-5-10-18-9-1-6-15-19(16,17)11-4-12-2-7-14-8-3-12/h2-3,7-8,15H,1,4-6,9-11,13H2. The predicted molar refractivity (Wildman–Crippen MR) is 74.2 cm³/mol. The van der Waals surface area contributed by atoms with Crippen LogP contribution in [-0.2, 0) is 21.2 Å². The van der Waals surface area contributed by atoms with Gasteiger partial charge in [0, 0.05) is 32.1 Å². The van der Waals surface area contributed by atoms with Crippen LogP contribution in [0.15, 0.2) is 24.5 Å². The molecule has 6 nitrogen and oxygen atoms in total. The van der Waals surface area contributed by atoms with E-state index in [1.807, 2.05) is 12.1 Å². The lowest BCUT2D eigenvalue weighted by Gasteiger charge is -2.07. The van der Waals surface area contributed by atoms with Gasteiger partial charge in [0.1, 0.15) is 0 Å². The van der Waals surface area contributed by atoms with Crippen molar-refractivity contribution in [2.24, 2.45) is 5.73 Å². The molecule has 1 aromatic heterocycles. The number of rotatable bonds is 10. The molecule has 0 aromatic carbocycles. The van der Waals surface area contributed by atoms with Crippen molar-refractivity contribution in [2.75, 3.05) is 32.1 Å². The highest BCUT2D eigenvalue weighted by molar-refractivity contribution is 7.89. The molecule has 0 atom stereocenters. The smallest absolute Gasteiger partial charge is 0.211 e. The van der Waals surface area contributed by atoms with Crippen LogP contribution in [0.25, 0.3) is 0 Å². The maximum atomic E-state index is 11.7. The Balaban J connectivity index is 2.17.